The summed E-state index contributed by atoms with van der Waals surface area (Å²) in [6.07, 6.45) is 2.65. The fourth-order valence-corrected chi connectivity index (χ4v) is 4.16. The number of benzene rings is 3. The summed E-state index contributed by atoms with van der Waals surface area (Å²) in [5, 5.41) is 5.85. The summed E-state index contributed by atoms with van der Waals surface area (Å²) in [6, 6.07) is 22.9. The van der Waals surface area contributed by atoms with Gasteiger partial charge in [0.1, 0.15) is 6.54 Å². The van der Waals surface area contributed by atoms with Crippen LogP contribution in [0.15, 0.2) is 72.8 Å². The third-order valence-electron chi connectivity index (χ3n) is 5.94. The van der Waals surface area contributed by atoms with Gasteiger partial charge in [0.25, 0.3) is 11.8 Å². The topological polar surface area (TPSA) is 62.6 Å². The van der Waals surface area contributed by atoms with E-state index in [-0.39, 0.29) is 11.8 Å². The number of likely N-dealkylation sites (tertiary alicyclic amines) is 1. The summed E-state index contributed by atoms with van der Waals surface area (Å²) in [5.41, 5.74) is 4.91. The van der Waals surface area contributed by atoms with Crippen molar-refractivity contribution in [2.24, 2.45) is 0 Å². The number of nitrogens with one attached hydrogen (secondary N) is 3. The highest BCUT2D eigenvalue weighted by molar-refractivity contribution is 6.09. The monoisotopic (exact) mass is 428 g/mol. The molecule has 0 radical (unpaired) electrons. The molecule has 2 amide bonds. The largest absolute Gasteiger partial charge is 0.348 e. The van der Waals surface area contributed by atoms with E-state index in [1.165, 1.54) is 31.5 Å². The lowest BCUT2D eigenvalue weighted by Crippen LogP contribution is -3.08. The Hall–Kier alpha value is -3.44. The van der Waals surface area contributed by atoms with Crippen molar-refractivity contribution < 1.29 is 14.5 Å². The number of quaternary nitrogens is 1. The molecule has 0 saturated carbocycles. The van der Waals surface area contributed by atoms with E-state index in [1.807, 2.05) is 31.2 Å². The van der Waals surface area contributed by atoms with Crippen LogP contribution >= 0.6 is 0 Å². The highest BCUT2D eigenvalue weighted by atomic mass is 16.2. The lowest BCUT2D eigenvalue weighted by Gasteiger charge is -2.13. The Balaban J connectivity index is 1.37. The van der Waals surface area contributed by atoms with E-state index in [9.17, 15) is 9.59 Å². The molecule has 3 N–H and O–H groups in total. The molecule has 1 aliphatic heterocycles. The normalized spacial score (nSPS) is 13.7. The second-order valence-electron chi connectivity index (χ2n) is 8.50. The van der Waals surface area contributed by atoms with E-state index in [4.69, 9.17) is 0 Å². The molecule has 164 valence electrons. The minimum Gasteiger partial charge on any atom is -0.348 e. The Labute approximate surface area is 189 Å². The number of hydrogen-bond acceptors (Lipinski definition) is 2. The van der Waals surface area contributed by atoms with Crippen molar-refractivity contribution in [2.45, 2.75) is 32.9 Å². The lowest BCUT2D eigenvalue weighted by molar-refractivity contribution is -0.901. The maximum Gasteiger partial charge on any atom is 0.255 e. The van der Waals surface area contributed by atoms with Crippen molar-refractivity contribution in [1.29, 1.82) is 0 Å². The standard InChI is InChI=1S/C27H29N3O2/c1-20-7-6-8-23(17-20)26(31)29-25-10-3-2-9-24(25)27(32)28-18-21-11-13-22(14-12-21)19-30-15-4-5-16-30/h2-3,6-14,17H,4-5,15-16,18-19H2,1H3,(H,28,32)(H,29,31)/p+1. The first-order chi connectivity index (χ1) is 15.6. The number of aryl methyl sites for hydroxylation is 1. The predicted octanol–water partition coefficient (Wildman–Crippen LogP) is 3.36. The minimum absolute atomic E-state index is 0.212. The van der Waals surface area contributed by atoms with Crippen LogP contribution in [0.3, 0.4) is 0 Å². The van der Waals surface area contributed by atoms with Gasteiger partial charge in [0, 0.05) is 30.5 Å². The molecule has 0 bridgehead atoms. The van der Waals surface area contributed by atoms with E-state index < -0.39 is 0 Å². The maximum atomic E-state index is 12.8. The zero-order valence-corrected chi connectivity index (χ0v) is 18.5. The number of carbonyl (C=O) groups is 2. The summed E-state index contributed by atoms with van der Waals surface area (Å²) in [7, 11) is 0. The van der Waals surface area contributed by atoms with Gasteiger partial charge in [-0.15, -0.1) is 0 Å². The van der Waals surface area contributed by atoms with Gasteiger partial charge in [-0.2, -0.15) is 0 Å². The quantitative estimate of drug-likeness (QED) is 0.540. The summed E-state index contributed by atoms with van der Waals surface area (Å²) in [6.45, 7) is 5.98. The van der Waals surface area contributed by atoms with Crippen LogP contribution in [0.25, 0.3) is 0 Å². The highest BCUT2D eigenvalue weighted by Crippen LogP contribution is 2.17. The van der Waals surface area contributed by atoms with Gasteiger partial charge in [-0.3, -0.25) is 9.59 Å². The Bertz CT molecular complexity index is 1090. The van der Waals surface area contributed by atoms with Crippen molar-refractivity contribution in [3.8, 4) is 0 Å². The van der Waals surface area contributed by atoms with Crippen molar-refractivity contribution in [2.75, 3.05) is 18.4 Å². The van der Waals surface area contributed by atoms with Crippen LogP contribution in [0, 0.1) is 6.92 Å². The van der Waals surface area contributed by atoms with Crippen LogP contribution < -0.4 is 15.5 Å². The van der Waals surface area contributed by atoms with Gasteiger partial charge in [0.05, 0.1) is 24.3 Å². The molecule has 5 heteroatoms. The van der Waals surface area contributed by atoms with Gasteiger partial charge in [0.2, 0.25) is 0 Å². The van der Waals surface area contributed by atoms with Crippen molar-refractivity contribution in [3.63, 3.8) is 0 Å². The van der Waals surface area contributed by atoms with Gasteiger partial charge in [0.15, 0.2) is 0 Å². The first-order valence-corrected chi connectivity index (χ1v) is 11.2. The van der Waals surface area contributed by atoms with Gasteiger partial charge < -0.3 is 15.5 Å². The predicted molar refractivity (Wildman–Crippen MR) is 127 cm³/mol. The van der Waals surface area contributed by atoms with Crippen LogP contribution in [-0.4, -0.2) is 24.9 Å². The Kier molecular flexibility index (Phi) is 6.97. The Morgan fingerprint density at radius 2 is 1.56 bits per heavy atom. The van der Waals surface area contributed by atoms with Crippen LogP contribution in [0.4, 0.5) is 5.69 Å². The molecule has 0 spiro atoms. The summed E-state index contributed by atoms with van der Waals surface area (Å²) >= 11 is 0. The summed E-state index contributed by atoms with van der Waals surface area (Å²) in [4.78, 5) is 27.1. The Morgan fingerprint density at radius 1 is 0.844 bits per heavy atom. The molecule has 0 atom stereocenters. The molecule has 32 heavy (non-hydrogen) atoms. The SMILES string of the molecule is Cc1cccc(C(=O)Nc2ccccc2C(=O)NCc2ccc(C[NH+]3CCCC3)cc2)c1. The molecule has 0 aromatic heterocycles. The number of anilines is 1. The van der Waals surface area contributed by atoms with Crippen LogP contribution in [-0.2, 0) is 13.1 Å². The van der Waals surface area contributed by atoms with E-state index >= 15 is 0 Å². The average molecular weight is 429 g/mol. The second kappa shape index (κ2) is 10.2. The number of amides is 2. The maximum absolute atomic E-state index is 12.8. The molecule has 4 rings (SSSR count). The number of carbonyl (C=O) groups excluding carboxylic acids is 2. The van der Waals surface area contributed by atoms with Gasteiger partial charge in [-0.25, -0.2) is 0 Å². The van der Waals surface area contributed by atoms with Crippen molar-refractivity contribution >= 4 is 17.5 Å². The smallest absolute Gasteiger partial charge is 0.255 e. The minimum atomic E-state index is -0.232. The van der Waals surface area contributed by atoms with Crippen LogP contribution in [0.5, 0.6) is 0 Å². The first kappa shape index (κ1) is 21.8. The Morgan fingerprint density at radius 3 is 2.31 bits per heavy atom. The summed E-state index contributed by atoms with van der Waals surface area (Å²) < 4.78 is 0. The van der Waals surface area contributed by atoms with E-state index in [0.29, 0.717) is 23.4 Å². The first-order valence-electron chi connectivity index (χ1n) is 11.2. The third kappa shape index (κ3) is 5.62. The highest BCUT2D eigenvalue weighted by Gasteiger charge is 2.16. The van der Waals surface area contributed by atoms with Crippen molar-refractivity contribution in [1.82, 2.24) is 5.32 Å². The van der Waals surface area contributed by atoms with Gasteiger partial charge >= 0.3 is 0 Å². The van der Waals surface area contributed by atoms with Gasteiger partial charge in [-0.1, -0.05) is 54.1 Å². The van der Waals surface area contributed by atoms with Crippen LogP contribution in [0.1, 0.15) is 50.2 Å². The second-order valence-corrected chi connectivity index (χ2v) is 8.50. The number of para-hydroxylation sites is 1. The fraction of sp³-hybridized carbons (Fsp3) is 0.259. The molecule has 3 aromatic rings. The molecular weight excluding hydrogens is 398 g/mol. The van der Waals surface area contributed by atoms with E-state index in [1.54, 1.807) is 29.2 Å². The van der Waals surface area contributed by atoms with Gasteiger partial charge in [-0.05, 0) is 36.8 Å². The van der Waals surface area contributed by atoms with E-state index in [0.717, 1.165) is 17.7 Å². The van der Waals surface area contributed by atoms with Crippen molar-refractivity contribution in [3.05, 3.63) is 101 Å². The number of hydrogen-bond donors (Lipinski definition) is 3. The zero-order valence-electron chi connectivity index (χ0n) is 18.5. The molecule has 1 saturated heterocycles. The fourth-order valence-electron chi connectivity index (χ4n) is 4.16. The van der Waals surface area contributed by atoms with E-state index in [2.05, 4.69) is 34.9 Å². The summed E-state index contributed by atoms with van der Waals surface area (Å²) in [5.74, 6) is -0.444. The molecule has 0 unspecified atom stereocenters. The third-order valence-corrected chi connectivity index (χ3v) is 5.94. The molecule has 1 fully saturated rings. The van der Waals surface area contributed by atoms with Crippen LogP contribution in [0.2, 0.25) is 0 Å². The average Bonchev–Trinajstić information content (AvgIpc) is 3.32. The molecule has 1 heterocycles. The molecule has 5 nitrogen and oxygen atoms in total. The molecule has 0 aliphatic carbocycles. The molecular formula is C27H30N3O2+. The molecule has 3 aromatic carbocycles. The zero-order chi connectivity index (χ0) is 22.3. The lowest BCUT2D eigenvalue weighted by atomic mass is 10.1. The number of rotatable bonds is 7. The molecule has 1 aliphatic rings.